The smallest absolute Gasteiger partial charge is 0.119 e. The Morgan fingerprint density at radius 3 is 2.53 bits per heavy atom. The number of hydrogen-bond acceptors (Lipinski definition) is 5. The summed E-state index contributed by atoms with van der Waals surface area (Å²) in [7, 11) is 0. The van der Waals surface area contributed by atoms with E-state index >= 15 is 0 Å². The first-order valence-electron chi connectivity index (χ1n) is 7.27. The molecule has 0 amide bonds. The highest BCUT2D eigenvalue weighted by Crippen LogP contribution is 2.40. The van der Waals surface area contributed by atoms with Crippen LogP contribution in [0.4, 0.5) is 0 Å². The van der Waals surface area contributed by atoms with Crippen LogP contribution in [0.3, 0.4) is 0 Å². The molecule has 5 heteroatoms. The maximum absolute atomic E-state index is 10.7. The van der Waals surface area contributed by atoms with Gasteiger partial charge in [0.25, 0.3) is 0 Å². The Morgan fingerprint density at radius 1 is 1.32 bits per heavy atom. The molecule has 0 spiro atoms. The zero-order valence-electron chi connectivity index (χ0n) is 11.7. The van der Waals surface area contributed by atoms with Gasteiger partial charge in [0.05, 0.1) is 32.5 Å². The van der Waals surface area contributed by atoms with E-state index < -0.39 is 11.0 Å². The van der Waals surface area contributed by atoms with Crippen LogP contribution in [0.1, 0.15) is 39.0 Å². The molecule has 1 aliphatic carbocycles. The fourth-order valence-corrected chi connectivity index (χ4v) is 2.83. The summed E-state index contributed by atoms with van der Waals surface area (Å²) in [5.74, 6) is 0. The molecule has 1 saturated heterocycles. The average molecular weight is 274 g/mol. The summed E-state index contributed by atoms with van der Waals surface area (Å²) in [5, 5.41) is 29.6. The lowest BCUT2D eigenvalue weighted by atomic mass is 9.79. The molecule has 19 heavy (non-hydrogen) atoms. The summed E-state index contributed by atoms with van der Waals surface area (Å²) < 4.78 is 11.2. The van der Waals surface area contributed by atoms with Gasteiger partial charge >= 0.3 is 0 Å². The number of epoxide rings is 1. The zero-order chi connectivity index (χ0) is 13.9. The molecular weight excluding hydrogens is 248 g/mol. The quantitative estimate of drug-likeness (QED) is 0.587. The van der Waals surface area contributed by atoms with E-state index in [4.69, 9.17) is 9.47 Å². The van der Waals surface area contributed by atoms with Gasteiger partial charge in [0, 0.05) is 5.41 Å². The van der Waals surface area contributed by atoms with Gasteiger partial charge in [-0.25, -0.2) is 0 Å². The first-order chi connectivity index (χ1) is 9.10. The highest BCUT2D eigenvalue weighted by molar-refractivity contribution is 5.02. The van der Waals surface area contributed by atoms with Gasteiger partial charge in [0.2, 0.25) is 0 Å². The lowest BCUT2D eigenvalue weighted by Crippen LogP contribution is -2.52. The minimum Gasteiger partial charge on any atom is -0.396 e. The molecule has 3 atom stereocenters. The van der Waals surface area contributed by atoms with Gasteiger partial charge < -0.3 is 24.8 Å². The number of rotatable bonds is 7. The Bertz CT molecular complexity index is 279. The van der Waals surface area contributed by atoms with Crippen LogP contribution in [-0.2, 0) is 9.47 Å². The molecule has 2 rings (SSSR count). The molecule has 0 radical (unpaired) electrons. The predicted octanol–water partition coefficient (Wildman–Crippen LogP) is 0.456. The summed E-state index contributed by atoms with van der Waals surface area (Å²) in [4.78, 5) is 0. The van der Waals surface area contributed by atoms with Crippen molar-refractivity contribution in [1.82, 2.24) is 0 Å². The van der Waals surface area contributed by atoms with Crippen LogP contribution >= 0.6 is 0 Å². The molecule has 1 saturated carbocycles. The molecule has 0 aromatic carbocycles. The van der Waals surface area contributed by atoms with Crippen LogP contribution in [-0.4, -0.2) is 59.6 Å². The molecule has 3 unspecified atom stereocenters. The first kappa shape index (κ1) is 15.2. The van der Waals surface area contributed by atoms with Crippen molar-refractivity contribution < 1.29 is 24.8 Å². The van der Waals surface area contributed by atoms with Crippen molar-refractivity contribution in [3.05, 3.63) is 0 Å². The van der Waals surface area contributed by atoms with Gasteiger partial charge in [0.15, 0.2) is 0 Å². The minimum atomic E-state index is -0.886. The van der Waals surface area contributed by atoms with Gasteiger partial charge in [-0.1, -0.05) is 19.8 Å². The second-order valence-corrected chi connectivity index (χ2v) is 6.03. The summed E-state index contributed by atoms with van der Waals surface area (Å²) in [6, 6.07) is 0. The molecule has 2 aliphatic rings. The summed E-state index contributed by atoms with van der Waals surface area (Å²) in [6.45, 7) is 2.59. The Kier molecular flexibility index (Phi) is 4.84. The average Bonchev–Trinajstić information content (AvgIpc) is 3.27. The second-order valence-electron chi connectivity index (χ2n) is 6.03. The first-order valence-corrected chi connectivity index (χ1v) is 7.27. The van der Waals surface area contributed by atoms with Crippen molar-refractivity contribution in [3.8, 4) is 0 Å². The van der Waals surface area contributed by atoms with Gasteiger partial charge in [-0.05, 0) is 19.3 Å². The van der Waals surface area contributed by atoms with E-state index in [0.717, 1.165) is 19.3 Å². The van der Waals surface area contributed by atoms with E-state index in [0.29, 0.717) is 19.4 Å². The number of hydrogen-bond donors (Lipinski definition) is 3. The standard InChI is InChI=1S/C14H26O5/c1-2-13(8-15,9-16)10-19-11-5-3-4-6-14(11,17)12-7-18-12/h11-12,15-17H,2-10H2,1H3. The second kappa shape index (κ2) is 6.06. The normalized spacial score (nSPS) is 35.4. The largest absolute Gasteiger partial charge is 0.396 e. The van der Waals surface area contributed by atoms with E-state index in [9.17, 15) is 15.3 Å². The van der Waals surface area contributed by atoms with Gasteiger partial charge in [0.1, 0.15) is 11.7 Å². The van der Waals surface area contributed by atoms with Crippen LogP contribution in [0.25, 0.3) is 0 Å². The van der Waals surface area contributed by atoms with Gasteiger partial charge in [-0.3, -0.25) is 0 Å². The van der Waals surface area contributed by atoms with Crippen molar-refractivity contribution >= 4 is 0 Å². The number of aliphatic hydroxyl groups excluding tert-OH is 2. The zero-order valence-corrected chi connectivity index (χ0v) is 11.7. The molecule has 5 nitrogen and oxygen atoms in total. The Morgan fingerprint density at radius 2 is 2.00 bits per heavy atom. The highest BCUT2D eigenvalue weighted by atomic mass is 16.6. The molecule has 0 bridgehead atoms. The van der Waals surface area contributed by atoms with Crippen LogP contribution in [0.15, 0.2) is 0 Å². The third kappa shape index (κ3) is 3.11. The topological polar surface area (TPSA) is 82.5 Å². The Balaban J connectivity index is 1.96. The van der Waals surface area contributed by atoms with E-state index in [1.54, 1.807) is 0 Å². The molecule has 0 aromatic rings. The van der Waals surface area contributed by atoms with E-state index in [1.165, 1.54) is 0 Å². The monoisotopic (exact) mass is 274 g/mol. The van der Waals surface area contributed by atoms with E-state index in [1.807, 2.05) is 6.92 Å². The van der Waals surface area contributed by atoms with Crippen LogP contribution < -0.4 is 0 Å². The Labute approximate surface area is 114 Å². The van der Waals surface area contributed by atoms with Crippen molar-refractivity contribution in [3.63, 3.8) is 0 Å². The third-order valence-corrected chi connectivity index (χ3v) is 4.75. The lowest BCUT2D eigenvalue weighted by Gasteiger charge is -2.40. The maximum Gasteiger partial charge on any atom is 0.119 e. The Hall–Kier alpha value is -0.200. The van der Waals surface area contributed by atoms with Crippen molar-refractivity contribution in [2.75, 3.05) is 26.4 Å². The molecule has 0 aromatic heterocycles. The van der Waals surface area contributed by atoms with Crippen molar-refractivity contribution in [2.24, 2.45) is 5.41 Å². The highest BCUT2D eigenvalue weighted by Gasteiger charge is 2.52. The van der Waals surface area contributed by atoms with E-state index in [-0.39, 0.29) is 32.0 Å². The summed E-state index contributed by atoms with van der Waals surface area (Å²) >= 11 is 0. The number of aliphatic hydroxyl groups is 3. The molecule has 1 aliphatic heterocycles. The van der Waals surface area contributed by atoms with Crippen LogP contribution in [0.2, 0.25) is 0 Å². The molecule has 2 fully saturated rings. The third-order valence-electron chi connectivity index (χ3n) is 4.75. The molecule has 3 N–H and O–H groups in total. The van der Waals surface area contributed by atoms with Gasteiger partial charge in [-0.15, -0.1) is 0 Å². The van der Waals surface area contributed by atoms with Crippen LogP contribution in [0, 0.1) is 5.41 Å². The van der Waals surface area contributed by atoms with E-state index in [2.05, 4.69) is 0 Å². The summed E-state index contributed by atoms with van der Waals surface area (Å²) in [5.41, 5.74) is -1.49. The van der Waals surface area contributed by atoms with Gasteiger partial charge in [-0.2, -0.15) is 0 Å². The van der Waals surface area contributed by atoms with Crippen LogP contribution in [0.5, 0.6) is 0 Å². The number of ether oxygens (including phenoxy) is 2. The molecular formula is C14H26O5. The predicted molar refractivity (Wildman–Crippen MR) is 69.8 cm³/mol. The van der Waals surface area contributed by atoms with Crippen molar-refractivity contribution in [2.45, 2.75) is 56.8 Å². The van der Waals surface area contributed by atoms with Crippen molar-refractivity contribution in [1.29, 1.82) is 0 Å². The fourth-order valence-electron chi connectivity index (χ4n) is 2.83. The lowest BCUT2D eigenvalue weighted by molar-refractivity contribution is -0.164. The molecule has 112 valence electrons. The maximum atomic E-state index is 10.7. The minimum absolute atomic E-state index is 0.0999. The summed E-state index contributed by atoms with van der Waals surface area (Å²) in [6.07, 6.45) is 3.85. The fraction of sp³-hybridized carbons (Fsp3) is 1.00. The SMILES string of the molecule is CCC(CO)(CO)COC1CCCCC1(O)C1CO1. The molecule has 1 heterocycles.